The Morgan fingerprint density at radius 1 is 1.33 bits per heavy atom. The Morgan fingerprint density at radius 2 is 2.08 bits per heavy atom. The maximum Gasteiger partial charge on any atom is 0.290 e. The molecule has 0 aliphatic rings. The standard InChI is InChI=1S/C17H20FN5O/c1-17(2,3)8-10-6-11(18)7-13-15(10)22-14(21-13)9-23-16(24)12(19)4-5-20-23/h4-7H,8-9,19H2,1-3H3,(H,21,22). The van der Waals surface area contributed by atoms with Gasteiger partial charge in [-0.05, 0) is 35.6 Å². The first kappa shape index (κ1) is 16.2. The third kappa shape index (κ3) is 3.29. The molecule has 6 nitrogen and oxygen atoms in total. The number of halogens is 1. The Morgan fingerprint density at radius 3 is 2.79 bits per heavy atom. The van der Waals surface area contributed by atoms with Crippen molar-refractivity contribution in [2.24, 2.45) is 5.41 Å². The second kappa shape index (κ2) is 5.74. The number of imidazole rings is 1. The molecule has 7 heteroatoms. The lowest BCUT2D eigenvalue weighted by atomic mass is 9.87. The molecule has 2 aromatic heterocycles. The Bertz CT molecular complexity index is 952. The van der Waals surface area contributed by atoms with Crippen LogP contribution in [0.25, 0.3) is 11.0 Å². The highest BCUT2D eigenvalue weighted by molar-refractivity contribution is 5.79. The number of nitrogens with one attached hydrogen (secondary N) is 1. The summed E-state index contributed by atoms with van der Waals surface area (Å²) in [5.74, 6) is 0.224. The van der Waals surface area contributed by atoms with Crippen LogP contribution in [0.1, 0.15) is 32.2 Å². The number of aromatic nitrogens is 4. The predicted molar refractivity (Wildman–Crippen MR) is 91.2 cm³/mol. The van der Waals surface area contributed by atoms with Gasteiger partial charge < -0.3 is 10.7 Å². The van der Waals surface area contributed by atoms with Crippen molar-refractivity contribution >= 4 is 16.7 Å². The molecule has 0 bridgehead atoms. The predicted octanol–water partition coefficient (Wildman–Crippen LogP) is 2.48. The van der Waals surface area contributed by atoms with E-state index in [0.717, 1.165) is 11.1 Å². The number of rotatable bonds is 3. The van der Waals surface area contributed by atoms with Crippen LogP contribution >= 0.6 is 0 Å². The van der Waals surface area contributed by atoms with E-state index in [0.29, 0.717) is 17.8 Å². The van der Waals surface area contributed by atoms with Crippen LogP contribution in [0.5, 0.6) is 0 Å². The van der Waals surface area contributed by atoms with E-state index in [2.05, 4.69) is 35.8 Å². The van der Waals surface area contributed by atoms with Crippen LogP contribution in [-0.4, -0.2) is 19.7 Å². The SMILES string of the molecule is CC(C)(C)Cc1cc(F)cc2[nH]c(Cn3nccc(N)c3=O)nc12. The number of hydrogen-bond acceptors (Lipinski definition) is 4. The van der Waals surface area contributed by atoms with Gasteiger partial charge in [0.05, 0.1) is 11.0 Å². The normalized spacial score (nSPS) is 12.0. The van der Waals surface area contributed by atoms with Crippen molar-refractivity contribution in [1.82, 2.24) is 19.7 Å². The van der Waals surface area contributed by atoms with Crippen LogP contribution in [0.4, 0.5) is 10.1 Å². The van der Waals surface area contributed by atoms with Gasteiger partial charge in [-0.3, -0.25) is 4.79 Å². The molecular formula is C17H20FN5O. The minimum atomic E-state index is -0.376. The fourth-order valence-corrected chi connectivity index (χ4v) is 2.70. The van der Waals surface area contributed by atoms with E-state index in [4.69, 9.17) is 5.73 Å². The molecule has 0 atom stereocenters. The molecule has 3 rings (SSSR count). The molecule has 24 heavy (non-hydrogen) atoms. The Labute approximate surface area is 138 Å². The van der Waals surface area contributed by atoms with E-state index in [1.165, 1.54) is 29.1 Å². The number of hydrogen-bond donors (Lipinski definition) is 2. The number of fused-ring (bicyclic) bond motifs is 1. The summed E-state index contributed by atoms with van der Waals surface area (Å²) in [6, 6.07) is 4.38. The van der Waals surface area contributed by atoms with Gasteiger partial charge in [0, 0.05) is 6.20 Å². The lowest BCUT2D eigenvalue weighted by Crippen LogP contribution is -2.25. The summed E-state index contributed by atoms with van der Waals surface area (Å²) in [5, 5.41) is 3.99. The lowest BCUT2D eigenvalue weighted by molar-refractivity contribution is 0.411. The van der Waals surface area contributed by atoms with Crippen LogP contribution in [0.3, 0.4) is 0 Å². The summed E-state index contributed by atoms with van der Waals surface area (Å²) in [4.78, 5) is 19.6. The average molecular weight is 329 g/mol. The van der Waals surface area contributed by atoms with E-state index < -0.39 is 0 Å². The second-order valence-corrected chi connectivity index (χ2v) is 7.13. The molecule has 3 aromatic rings. The molecule has 0 aliphatic heterocycles. The first-order valence-corrected chi connectivity index (χ1v) is 7.71. The number of nitrogens with zero attached hydrogens (tertiary/aromatic N) is 3. The molecule has 0 saturated heterocycles. The zero-order chi connectivity index (χ0) is 17.5. The summed E-state index contributed by atoms with van der Waals surface area (Å²) in [5.41, 5.74) is 7.54. The van der Waals surface area contributed by atoms with Crippen LogP contribution in [0.2, 0.25) is 0 Å². The topological polar surface area (TPSA) is 89.6 Å². The third-order valence-corrected chi connectivity index (χ3v) is 3.64. The largest absolute Gasteiger partial charge is 0.394 e. The van der Waals surface area contributed by atoms with E-state index in [1.54, 1.807) is 0 Å². The quantitative estimate of drug-likeness (QED) is 0.772. The van der Waals surface area contributed by atoms with Gasteiger partial charge in [-0.25, -0.2) is 14.1 Å². The number of nitrogens with two attached hydrogens (primary N) is 1. The van der Waals surface area contributed by atoms with E-state index in [1.807, 2.05) is 0 Å². The molecule has 126 valence electrons. The van der Waals surface area contributed by atoms with Crippen molar-refractivity contribution in [2.75, 3.05) is 5.73 Å². The number of H-pyrrole nitrogens is 1. The molecule has 0 amide bonds. The van der Waals surface area contributed by atoms with Crippen LogP contribution in [0, 0.1) is 11.2 Å². The van der Waals surface area contributed by atoms with Gasteiger partial charge in [-0.2, -0.15) is 5.10 Å². The third-order valence-electron chi connectivity index (χ3n) is 3.64. The minimum absolute atomic E-state index is 0.00616. The van der Waals surface area contributed by atoms with Crippen LogP contribution < -0.4 is 11.3 Å². The maximum absolute atomic E-state index is 13.9. The van der Waals surface area contributed by atoms with Crippen molar-refractivity contribution < 1.29 is 4.39 Å². The molecule has 3 N–H and O–H groups in total. The smallest absolute Gasteiger partial charge is 0.290 e. The molecule has 1 aromatic carbocycles. The van der Waals surface area contributed by atoms with Gasteiger partial charge in [0.2, 0.25) is 0 Å². The number of benzene rings is 1. The zero-order valence-corrected chi connectivity index (χ0v) is 13.9. The fraction of sp³-hybridized carbons (Fsp3) is 0.353. The Hall–Kier alpha value is -2.70. The average Bonchev–Trinajstić information content (AvgIpc) is 2.85. The highest BCUT2D eigenvalue weighted by atomic mass is 19.1. The maximum atomic E-state index is 13.9. The molecule has 0 radical (unpaired) electrons. The van der Waals surface area contributed by atoms with E-state index >= 15 is 0 Å². The summed E-state index contributed by atoms with van der Waals surface area (Å²) in [7, 11) is 0. The molecule has 0 fully saturated rings. The van der Waals surface area contributed by atoms with Crippen molar-refractivity contribution in [2.45, 2.75) is 33.7 Å². The number of nitrogen functional groups attached to an aromatic ring is 1. The van der Waals surface area contributed by atoms with Gasteiger partial charge >= 0.3 is 0 Å². The van der Waals surface area contributed by atoms with Crippen molar-refractivity contribution in [3.63, 3.8) is 0 Å². The molecule has 0 aliphatic carbocycles. The zero-order valence-electron chi connectivity index (χ0n) is 13.9. The first-order valence-electron chi connectivity index (χ1n) is 7.71. The highest BCUT2D eigenvalue weighted by Gasteiger charge is 2.17. The summed E-state index contributed by atoms with van der Waals surface area (Å²) in [6.07, 6.45) is 2.16. The molecule has 0 spiro atoms. The van der Waals surface area contributed by atoms with Gasteiger partial charge in [-0.15, -0.1) is 0 Å². The fourth-order valence-electron chi connectivity index (χ4n) is 2.70. The Balaban J connectivity index is 2.03. The Kier molecular flexibility index (Phi) is 3.87. The van der Waals surface area contributed by atoms with Crippen molar-refractivity contribution in [1.29, 1.82) is 0 Å². The molecule has 2 heterocycles. The lowest BCUT2D eigenvalue weighted by Gasteiger charge is -2.18. The summed E-state index contributed by atoms with van der Waals surface area (Å²) in [6.45, 7) is 6.42. The summed E-state index contributed by atoms with van der Waals surface area (Å²) >= 11 is 0. The van der Waals surface area contributed by atoms with Crippen LogP contribution in [-0.2, 0) is 13.0 Å². The molecule has 0 unspecified atom stereocenters. The number of aromatic amines is 1. The van der Waals surface area contributed by atoms with Gasteiger partial charge in [0.15, 0.2) is 0 Å². The van der Waals surface area contributed by atoms with Gasteiger partial charge in [-0.1, -0.05) is 20.8 Å². The van der Waals surface area contributed by atoms with Crippen molar-refractivity contribution in [3.8, 4) is 0 Å². The summed E-state index contributed by atoms with van der Waals surface area (Å²) < 4.78 is 15.1. The van der Waals surface area contributed by atoms with E-state index in [9.17, 15) is 9.18 Å². The molecule has 0 saturated carbocycles. The minimum Gasteiger partial charge on any atom is -0.394 e. The van der Waals surface area contributed by atoms with Crippen molar-refractivity contribution in [3.05, 3.63) is 52.0 Å². The highest BCUT2D eigenvalue weighted by Crippen LogP contribution is 2.26. The number of anilines is 1. The van der Waals surface area contributed by atoms with Crippen LogP contribution in [0.15, 0.2) is 29.2 Å². The van der Waals surface area contributed by atoms with E-state index in [-0.39, 0.29) is 29.0 Å². The molecular weight excluding hydrogens is 309 g/mol. The van der Waals surface area contributed by atoms with Gasteiger partial charge in [0.25, 0.3) is 5.56 Å². The van der Waals surface area contributed by atoms with Gasteiger partial charge in [0.1, 0.15) is 23.9 Å². The monoisotopic (exact) mass is 329 g/mol. The second-order valence-electron chi connectivity index (χ2n) is 7.13. The first-order chi connectivity index (χ1) is 11.2.